The second kappa shape index (κ2) is 3.97. The van der Waals surface area contributed by atoms with Crippen LogP contribution >= 0.6 is 0 Å². The van der Waals surface area contributed by atoms with Gasteiger partial charge in [0.05, 0.1) is 16.6 Å². The third kappa shape index (κ3) is 2.13. The zero-order chi connectivity index (χ0) is 13.5. The number of aryl methyl sites for hydroxylation is 1. The molecule has 3 nitrogen and oxygen atoms in total. The van der Waals surface area contributed by atoms with Gasteiger partial charge in [-0.25, -0.2) is 0 Å². The van der Waals surface area contributed by atoms with Crippen LogP contribution in [0.3, 0.4) is 0 Å². The molecule has 2 N–H and O–H groups in total. The predicted octanol–water partition coefficient (Wildman–Crippen LogP) is 2.66. The fourth-order valence-corrected chi connectivity index (χ4v) is 1.74. The van der Waals surface area contributed by atoms with Gasteiger partial charge in [-0.3, -0.25) is 9.78 Å². The summed E-state index contributed by atoms with van der Waals surface area (Å²) in [7, 11) is 0. The molecule has 0 unspecified atom stereocenters. The number of hydrogen-bond donors (Lipinski definition) is 1. The van der Waals surface area contributed by atoms with E-state index >= 15 is 0 Å². The molecule has 0 saturated carbocycles. The van der Waals surface area contributed by atoms with Crippen LogP contribution in [-0.2, 0) is 6.18 Å². The minimum absolute atomic E-state index is 0.0450. The van der Waals surface area contributed by atoms with E-state index in [0.29, 0.717) is 11.2 Å². The molecule has 1 aromatic carbocycles. The van der Waals surface area contributed by atoms with Crippen LogP contribution in [0.1, 0.15) is 21.6 Å². The van der Waals surface area contributed by atoms with Crippen LogP contribution in [0.5, 0.6) is 0 Å². The molecular weight excluding hydrogens is 245 g/mol. The normalized spacial score (nSPS) is 11.8. The number of amides is 1. The highest BCUT2D eigenvalue weighted by Crippen LogP contribution is 2.32. The Kier molecular flexibility index (Phi) is 2.73. The first-order valence-electron chi connectivity index (χ1n) is 5.07. The first-order chi connectivity index (χ1) is 8.29. The van der Waals surface area contributed by atoms with Gasteiger partial charge in [0.2, 0.25) is 5.91 Å². The van der Waals surface area contributed by atoms with E-state index in [0.717, 1.165) is 12.1 Å². The van der Waals surface area contributed by atoms with Gasteiger partial charge < -0.3 is 5.73 Å². The average molecular weight is 254 g/mol. The van der Waals surface area contributed by atoms with Crippen LogP contribution in [-0.4, -0.2) is 10.9 Å². The fraction of sp³-hybridized carbons (Fsp3) is 0.167. The van der Waals surface area contributed by atoms with Crippen molar-refractivity contribution >= 4 is 16.8 Å². The standard InChI is InChI=1S/C12H9F3N2O/c1-6-4-9(11(16)18)8-5-7(12(13,14)15)2-3-10(8)17-6/h2-5H,1H3,(H2,16,18). The van der Waals surface area contributed by atoms with E-state index in [-0.39, 0.29) is 10.9 Å². The Labute approximate surface area is 100 Å². The van der Waals surface area contributed by atoms with Crippen LogP contribution in [0.15, 0.2) is 24.3 Å². The SMILES string of the molecule is Cc1cc(C(N)=O)c2cc(C(F)(F)F)ccc2n1. The van der Waals surface area contributed by atoms with Gasteiger partial charge >= 0.3 is 6.18 Å². The summed E-state index contributed by atoms with van der Waals surface area (Å²) in [6.07, 6.45) is -4.46. The van der Waals surface area contributed by atoms with E-state index < -0.39 is 17.6 Å². The van der Waals surface area contributed by atoms with E-state index in [1.807, 2.05) is 0 Å². The summed E-state index contributed by atoms with van der Waals surface area (Å²) < 4.78 is 37.8. The number of rotatable bonds is 1. The van der Waals surface area contributed by atoms with E-state index in [9.17, 15) is 18.0 Å². The van der Waals surface area contributed by atoms with Crippen molar-refractivity contribution in [3.05, 3.63) is 41.1 Å². The molecule has 0 bridgehead atoms. The zero-order valence-electron chi connectivity index (χ0n) is 9.38. The summed E-state index contributed by atoms with van der Waals surface area (Å²) in [5, 5.41) is 0.114. The summed E-state index contributed by atoms with van der Waals surface area (Å²) in [5.74, 6) is -0.773. The number of halogens is 3. The average Bonchev–Trinajstić information content (AvgIpc) is 2.25. The van der Waals surface area contributed by atoms with Crippen LogP contribution in [0, 0.1) is 6.92 Å². The van der Waals surface area contributed by atoms with Crippen LogP contribution in [0.4, 0.5) is 13.2 Å². The van der Waals surface area contributed by atoms with Gasteiger partial charge in [0.25, 0.3) is 0 Å². The number of nitrogens with zero attached hydrogens (tertiary/aromatic N) is 1. The van der Waals surface area contributed by atoms with Gasteiger partial charge in [-0.15, -0.1) is 0 Å². The van der Waals surface area contributed by atoms with Crippen molar-refractivity contribution in [1.29, 1.82) is 0 Å². The molecule has 0 aliphatic carbocycles. The van der Waals surface area contributed by atoms with Gasteiger partial charge in [0, 0.05) is 11.1 Å². The van der Waals surface area contributed by atoms with Gasteiger partial charge in [-0.2, -0.15) is 13.2 Å². The number of benzene rings is 1. The number of aromatic nitrogens is 1. The highest BCUT2D eigenvalue weighted by Gasteiger charge is 2.30. The first kappa shape index (κ1) is 12.3. The van der Waals surface area contributed by atoms with Gasteiger partial charge in [-0.1, -0.05) is 0 Å². The largest absolute Gasteiger partial charge is 0.416 e. The molecule has 6 heteroatoms. The fourth-order valence-electron chi connectivity index (χ4n) is 1.74. The van der Waals surface area contributed by atoms with Crippen molar-refractivity contribution in [2.75, 3.05) is 0 Å². The summed E-state index contributed by atoms with van der Waals surface area (Å²) in [6.45, 7) is 1.64. The maximum absolute atomic E-state index is 12.6. The van der Waals surface area contributed by atoms with Crippen molar-refractivity contribution in [2.45, 2.75) is 13.1 Å². The summed E-state index contributed by atoms with van der Waals surface area (Å²) in [4.78, 5) is 15.3. The molecule has 0 radical (unpaired) electrons. The number of carbonyl (C=O) groups excluding carboxylic acids is 1. The molecule has 18 heavy (non-hydrogen) atoms. The molecular formula is C12H9F3N2O. The van der Waals surface area contributed by atoms with E-state index in [4.69, 9.17) is 5.73 Å². The van der Waals surface area contributed by atoms with Crippen molar-refractivity contribution in [2.24, 2.45) is 5.73 Å². The molecule has 1 heterocycles. The second-order valence-electron chi connectivity index (χ2n) is 3.91. The molecule has 0 aliphatic heterocycles. The predicted molar refractivity (Wildman–Crippen MR) is 60.0 cm³/mol. The van der Waals surface area contributed by atoms with Crippen molar-refractivity contribution in [3.63, 3.8) is 0 Å². The van der Waals surface area contributed by atoms with Gasteiger partial charge in [0.15, 0.2) is 0 Å². The molecule has 0 saturated heterocycles. The van der Waals surface area contributed by atoms with Crippen LogP contribution in [0.25, 0.3) is 10.9 Å². The molecule has 1 amide bonds. The summed E-state index contributed by atoms with van der Waals surface area (Å²) in [5.41, 5.74) is 5.22. The number of pyridine rings is 1. The lowest BCUT2D eigenvalue weighted by Gasteiger charge is -2.09. The zero-order valence-corrected chi connectivity index (χ0v) is 9.38. The molecule has 1 aromatic heterocycles. The molecule has 2 rings (SSSR count). The maximum atomic E-state index is 12.6. The molecule has 0 atom stereocenters. The highest BCUT2D eigenvalue weighted by molar-refractivity contribution is 6.05. The molecule has 0 aliphatic rings. The lowest BCUT2D eigenvalue weighted by molar-refractivity contribution is -0.137. The minimum atomic E-state index is -4.46. The van der Waals surface area contributed by atoms with Crippen LogP contribution in [0.2, 0.25) is 0 Å². The summed E-state index contributed by atoms with van der Waals surface area (Å²) >= 11 is 0. The lowest BCUT2D eigenvalue weighted by atomic mass is 10.0. The molecule has 0 spiro atoms. The van der Waals surface area contributed by atoms with Crippen molar-refractivity contribution in [3.8, 4) is 0 Å². The Morgan fingerprint density at radius 3 is 2.50 bits per heavy atom. The van der Waals surface area contributed by atoms with Crippen molar-refractivity contribution in [1.82, 2.24) is 4.98 Å². The smallest absolute Gasteiger partial charge is 0.366 e. The molecule has 2 aromatic rings. The number of alkyl halides is 3. The first-order valence-corrected chi connectivity index (χ1v) is 5.07. The van der Waals surface area contributed by atoms with Gasteiger partial charge in [-0.05, 0) is 31.2 Å². The molecule has 94 valence electrons. The third-order valence-corrected chi connectivity index (χ3v) is 2.53. The lowest BCUT2D eigenvalue weighted by Crippen LogP contribution is -2.13. The maximum Gasteiger partial charge on any atom is 0.416 e. The Bertz CT molecular complexity index is 635. The summed E-state index contributed by atoms with van der Waals surface area (Å²) in [6, 6.07) is 4.43. The molecule has 0 fully saturated rings. The van der Waals surface area contributed by atoms with Gasteiger partial charge in [0.1, 0.15) is 0 Å². The monoisotopic (exact) mass is 254 g/mol. The number of hydrogen-bond acceptors (Lipinski definition) is 2. The van der Waals surface area contributed by atoms with E-state index in [2.05, 4.69) is 4.98 Å². The topological polar surface area (TPSA) is 56.0 Å². The minimum Gasteiger partial charge on any atom is -0.366 e. The number of fused-ring (bicyclic) bond motifs is 1. The van der Waals surface area contributed by atoms with E-state index in [1.165, 1.54) is 12.1 Å². The Morgan fingerprint density at radius 2 is 1.94 bits per heavy atom. The highest BCUT2D eigenvalue weighted by atomic mass is 19.4. The van der Waals surface area contributed by atoms with E-state index in [1.54, 1.807) is 6.92 Å². The number of carbonyl (C=O) groups is 1. The Hall–Kier alpha value is -2.11. The Morgan fingerprint density at radius 1 is 1.28 bits per heavy atom. The number of nitrogens with two attached hydrogens (primary N) is 1. The quantitative estimate of drug-likeness (QED) is 0.850. The van der Waals surface area contributed by atoms with Crippen molar-refractivity contribution < 1.29 is 18.0 Å². The second-order valence-corrected chi connectivity index (χ2v) is 3.91. The number of primary amides is 1. The Balaban J connectivity index is 2.79. The van der Waals surface area contributed by atoms with Crippen LogP contribution < -0.4 is 5.73 Å². The third-order valence-electron chi connectivity index (χ3n) is 2.53.